The van der Waals surface area contributed by atoms with Crippen molar-refractivity contribution in [2.45, 2.75) is 0 Å². The normalized spacial score (nSPS) is 12.0. The summed E-state index contributed by atoms with van der Waals surface area (Å²) in [5, 5.41) is 50.1. The van der Waals surface area contributed by atoms with Crippen LogP contribution in [-0.2, 0) is 0 Å². The zero-order valence-corrected chi connectivity index (χ0v) is 54.9. The van der Waals surface area contributed by atoms with Crippen LogP contribution in [0, 0.1) is 34.0 Å². The van der Waals surface area contributed by atoms with Gasteiger partial charge in [-0.15, -0.1) is 0 Å². The predicted octanol–water partition coefficient (Wildman–Crippen LogP) is 24.2. The average molecular weight is 1290 g/mol. The number of nitrogens with zero attached hydrogens (tertiary/aromatic N) is 7. The third kappa shape index (κ3) is 8.78. The molecule has 102 heavy (non-hydrogen) atoms. The Labute approximate surface area is 585 Å². The quantitative estimate of drug-likeness (QED) is 0.135. The second-order valence-corrected chi connectivity index (χ2v) is 26.4. The van der Waals surface area contributed by atoms with E-state index in [4.69, 9.17) is 0 Å². The maximum Gasteiger partial charge on any atom is 0.138 e. The lowest BCUT2D eigenvalue weighted by Crippen LogP contribution is -1.98. The van der Waals surface area contributed by atoms with Crippen molar-refractivity contribution in [1.82, 2.24) is 18.3 Å². The Balaban J connectivity index is 0.655. The average Bonchev–Trinajstić information content (AvgIpc) is 1.55. The molecule has 0 saturated carbocycles. The van der Waals surface area contributed by atoms with Gasteiger partial charge in [-0.2, -0.15) is 15.8 Å². The fourth-order valence-electron chi connectivity index (χ4n) is 16.6. The minimum atomic E-state index is 0.0474. The van der Waals surface area contributed by atoms with Gasteiger partial charge in [-0.3, -0.25) is 0 Å². The van der Waals surface area contributed by atoms with Crippen molar-refractivity contribution in [3.05, 3.63) is 361 Å². The molecule has 4 heterocycles. The Kier molecular flexibility index (Phi) is 13.0. The molecule has 0 aliphatic carbocycles. The molecule has 0 aliphatic heterocycles. The van der Waals surface area contributed by atoms with Crippen LogP contribution in [0.1, 0.15) is 22.3 Å². The number of fused-ring (bicyclic) bond motifs is 18. The molecule has 0 fully saturated rings. The van der Waals surface area contributed by atoms with E-state index >= 15 is 0 Å². The fraction of sp³-hybridized carbons (Fsp3) is 0. The molecule has 16 aromatic carbocycles. The molecule has 0 saturated heterocycles. The van der Waals surface area contributed by atoms with Crippen LogP contribution < -0.4 is 0 Å². The molecule has 0 N–H and O–H groups in total. The summed E-state index contributed by atoms with van der Waals surface area (Å²) >= 11 is 0. The van der Waals surface area contributed by atoms with E-state index in [1.807, 2.05) is 24.3 Å². The maximum absolute atomic E-state index is 10.5. The van der Waals surface area contributed by atoms with Gasteiger partial charge in [0.2, 0.25) is 0 Å². The van der Waals surface area contributed by atoms with E-state index in [0.717, 1.165) is 143 Å². The van der Waals surface area contributed by atoms with Crippen LogP contribution in [-0.4, -0.2) is 18.3 Å². The Hall–Kier alpha value is -14.3. The molecule has 0 amide bonds. The van der Waals surface area contributed by atoms with E-state index in [9.17, 15) is 15.8 Å². The van der Waals surface area contributed by atoms with Gasteiger partial charge in [0.25, 0.3) is 0 Å². The van der Waals surface area contributed by atoms with Gasteiger partial charge < -0.3 is 18.3 Å². The molecule has 7 nitrogen and oxygen atoms in total. The predicted molar refractivity (Wildman–Crippen MR) is 422 cm³/mol. The van der Waals surface area contributed by atoms with E-state index < -0.39 is 0 Å². The van der Waals surface area contributed by atoms with Crippen molar-refractivity contribution >= 4 is 141 Å². The molecule has 0 unspecified atom stereocenters. The third-order valence-corrected chi connectivity index (χ3v) is 21.1. The summed E-state index contributed by atoms with van der Waals surface area (Å²) in [7, 11) is 0. The third-order valence-electron chi connectivity index (χ3n) is 21.1. The monoisotopic (exact) mass is 1290 g/mol. The van der Waals surface area contributed by atoms with E-state index in [2.05, 4.69) is 340 Å². The zero-order valence-electron chi connectivity index (χ0n) is 54.9. The van der Waals surface area contributed by atoms with Gasteiger partial charge in [0.05, 0.1) is 50.2 Å². The van der Waals surface area contributed by atoms with E-state index in [1.165, 1.54) is 48.6 Å². The van der Waals surface area contributed by atoms with Crippen LogP contribution in [0.2, 0.25) is 0 Å². The number of hydrogen-bond donors (Lipinski definition) is 0. The van der Waals surface area contributed by atoms with Gasteiger partial charge in [0, 0.05) is 88.3 Å². The Morgan fingerprint density at radius 3 is 1.18 bits per heavy atom. The lowest BCUT2D eigenvalue weighted by molar-refractivity contribution is 1.18. The maximum atomic E-state index is 10.5. The summed E-state index contributed by atoms with van der Waals surface area (Å²) in [6.45, 7) is 0. The van der Waals surface area contributed by atoms with Crippen LogP contribution in [0.4, 0.5) is 0 Å². The summed E-state index contributed by atoms with van der Waals surface area (Å²) in [6, 6.07) is 124. The first kappa shape index (κ1) is 57.9. The first-order chi connectivity index (χ1) is 50.5. The number of nitriles is 3. The Morgan fingerprint density at radius 2 is 0.637 bits per heavy atom. The lowest BCUT2D eigenvalue weighted by atomic mass is 9.91. The van der Waals surface area contributed by atoms with Crippen molar-refractivity contribution < 1.29 is 0 Å². The van der Waals surface area contributed by atoms with Crippen LogP contribution >= 0.6 is 0 Å². The second-order valence-electron chi connectivity index (χ2n) is 26.4. The van der Waals surface area contributed by atoms with Crippen molar-refractivity contribution in [3.8, 4) is 52.1 Å². The molecule has 4 aromatic heterocycles. The van der Waals surface area contributed by atoms with Crippen molar-refractivity contribution in [1.29, 1.82) is 15.8 Å². The Bertz CT molecular complexity index is 7160. The van der Waals surface area contributed by atoms with Gasteiger partial charge in [-0.05, 0) is 174 Å². The number of para-hydroxylation sites is 4. The summed E-state index contributed by atoms with van der Waals surface area (Å²) in [5.41, 5.74) is 20.2. The number of allylic oxidation sites excluding steroid dienone is 2. The summed E-state index contributed by atoms with van der Waals surface area (Å²) in [5.74, 6) is 0. The van der Waals surface area contributed by atoms with Gasteiger partial charge in [-0.25, -0.2) is 0 Å². The highest BCUT2D eigenvalue weighted by Gasteiger charge is 2.24. The molecule has 0 aliphatic rings. The fourth-order valence-corrected chi connectivity index (χ4v) is 16.6. The van der Waals surface area contributed by atoms with E-state index in [0.29, 0.717) is 5.57 Å². The van der Waals surface area contributed by atoms with Crippen molar-refractivity contribution in [2.24, 2.45) is 0 Å². The highest BCUT2D eigenvalue weighted by Crippen LogP contribution is 2.46. The highest BCUT2D eigenvalue weighted by atomic mass is 15.0. The van der Waals surface area contributed by atoms with Gasteiger partial charge >= 0.3 is 0 Å². The molecule has 470 valence electrons. The second kappa shape index (κ2) is 22.9. The van der Waals surface area contributed by atoms with Gasteiger partial charge in [0.1, 0.15) is 17.7 Å². The molecular weight excluding hydrogens is 1240 g/mol. The number of benzene rings is 16. The first-order valence-electron chi connectivity index (χ1n) is 34.3. The Morgan fingerprint density at radius 1 is 0.245 bits per heavy atom. The first-order valence-corrected chi connectivity index (χ1v) is 34.3. The molecule has 7 heteroatoms. The molecule has 0 bridgehead atoms. The number of hydrogen-bond acceptors (Lipinski definition) is 3. The number of rotatable bonds is 9. The molecule has 0 spiro atoms. The molecule has 20 rings (SSSR count). The van der Waals surface area contributed by atoms with Crippen molar-refractivity contribution in [2.75, 3.05) is 0 Å². The van der Waals surface area contributed by atoms with Crippen molar-refractivity contribution in [3.63, 3.8) is 0 Å². The van der Waals surface area contributed by atoms with E-state index in [1.54, 1.807) is 6.08 Å². The minimum Gasteiger partial charge on any atom is -0.309 e. The van der Waals surface area contributed by atoms with E-state index in [-0.39, 0.29) is 5.57 Å². The minimum absolute atomic E-state index is 0.0474. The molecule has 20 aromatic rings. The molecule has 0 atom stereocenters. The van der Waals surface area contributed by atoms with Gasteiger partial charge in [0.15, 0.2) is 0 Å². The topological polar surface area (TPSA) is 91.1 Å². The zero-order chi connectivity index (χ0) is 67.7. The summed E-state index contributed by atoms with van der Waals surface area (Å²) in [6.07, 6.45) is 1.66. The smallest absolute Gasteiger partial charge is 0.138 e. The van der Waals surface area contributed by atoms with Crippen LogP contribution in [0.25, 0.3) is 175 Å². The van der Waals surface area contributed by atoms with Crippen LogP contribution in [0.5, 0.6) is 0 Å². The SMILES string of the molecule is N#C/C=C(\c1ccc(-n2c3ccccc3c3ccc4ccccc4c32)cc1)c1ccc(-n2c3ccccc3c3cc(-c4cccc5cc6c(cc45)c4ccccc4n6-c4ccc(C(=C(C#N)C#N)c5ccc(-n6c7ccccc7c7cc8ccccc8cc76)cc5)cc4)c4ccccc4c32)cc1. The lowest BCUT2D eigenvalue weighted by Gasteiger charge is -2.15. The molecule has 0 radical (unpaired) electrons. The molecular formula is C95H55N7. The highest BCUT2D eigenvalue weighted by molar-refractivity contribution is 6.25. The summed E-state index contributed by atoms with van der Waals surface area (Å²) < 4.78 is 9.41. The van der Waals surface area contributed by atoms with Gasteiger partial charge in [-0.1, -0.05) is 224 Å². The van der Waals surface area contributed by atoms with Crippen LogP contribution in [0.3, 0.4) is 0 Å². The number of aromatic nitrogens is 4. The standard InChI is InChI=1S/C95H55N7/c96-51-50-72(60-32-41-70(42-33-60)101-89-30-13-7-22-76(89)81-49-40-59-16-3-4-20-73(59)94(81)101)61-34-43-71(44-35-61)102-90-31-14-10-25-79(90)86-56-83(74-21-5-6-26-80(74)95(86)102)75-27-15-19-66-54-92-85(55-82(66)75)78-24-9-12-29-88(78)100(92)69-47-38-63(39-48-69)93(67(57-97)58-98)62-36-45-68(46-37-62)99-87-28-11-8-23-77(87)84-52-64-17-1-2-18-65(64)53-91(84)99/h1-50,52-56H/b72-50+. The van der Waals surface area contributed by atoms with Crippen LogP contribution in [0.15, 0.2) is 339 Å². The largest absolute Gasteiger partial charge is 0.309 e. The summed E-state index contributed by atoms with van der Waals surface area (Å²) in [4.78, 5) is 0.